The van der Waals surface area contributed by atoms with E-state index in [1.54, 1.807) is 12.1 Å². The summed E-state index contributed by atoms with van der Waals surface area (Å²) in [4.78, 5) is 0.114. The molecule has 2 aromatic carbocycles. The van der Waals surface area contributed by atoms with Crippen LogP contribution in [0.25, 0.3) is 0 Å². The van der Waals surface area contributed by atoms with Gasteiger partial charge in [0.15, 0.2) is 0 Å². The molecule has 0 fully saturated rings. The normalized spacial score (nSPS) is 14.1. The van der Waals surface area contributed by atoms with Gasteiger partial charge in [-0.1, -0.05) is 35.9 Å². The van der Waals surface area contributed by atoms with E-state index in [1.165, 1.54) is 17.2 Å². The predicted molar refractivity (Wildman–Crippen MR) is 87.2 cm³/mol. The molecule has 4 nitrogen and oxygen atoms in total. The van der Waals surface area contributed by atoms with Crippen molar-refractivity contribution in [3.8, 4) is 0 Å². The van der Waals surface area contributed by atoms with Crippen molar-refractivity contribution in [2.45, 2.75) is 31.5 Å². The van der Waals surface area contributed by atoms with E-state index in [2.05, 4.69) is 10.0 Å². The maximum absolute atomic E-state index is 12.4. The van der Waals surface area contributed by atoms with Gasteiger partial charge in [-0.2, -0.15) is 0 Å². The van der Waals surface area contributed by atoms with Crippen LogP contribution in [-0.4, -0.2) is 8.42 Å². The van der Waals surface area contributed by atoms with E-state index in [1.807, 2.05) is 25.1 Å². The highest BCUT2D eigenvalue weighted by atomic mass is 35.5. The molecule has 1 heterocycles. The van der Waals surface area contributed by atoms with Crippen LogP contribution in [0, 0.1) is 6.92 Å². The van der Waals surface area contributed by atoms with Gasteiger partial charge in [-0.15, -0.1) is 0 Å². The number of hydrogen-bond acceptors (Lipinski definition) is 3. The van der Waals surface area contributed by atoms with Gasteiger partial charge in [0.25, 0.3) is 0 Å². The van der Waals surface area contributed by atoms with Crippen LogP contribution in [0.15, 0.2) is 41.3 Å². The number of fused-ring (bicyclic) bond motifs is 1. The smallest absolute Gasteiger partial charge is 0.242 e. The molecule has 2 aromatic rings. The Labute approximate surface area is 135 Å². The molecule has 6 heteroatoms. The Balaban J connectivity index is 1.77. The number of benzene rings is 2. The van der Waals surface area contributed by atoms with Crippen LogP contribution in [0.2, 0.25) is 5.02 Å². The number of aryl methyl sites for hydroxylation is 1. The van der Waals surface area contributed by atoms with Crippen molar-refractivity contribution in [3.63, 3.8) is 0 Å². The molecule has 2 N–H and O–H groups in total. The van der Waals surface area contributed by atoms with Gasteiger partial charge in [0.2, 0.25) is 10.0 Å². The zero-order valence-corrected chi connectivity index (χ0v) is 13.8. The monoisotopic (exact) mass is 336 g/mol. The van der Waals surface area contributed by atoms with Crippen molar-refractivity contribution in [1.29, 1.82) is 0 Å². The summed E-state index contributed by atoms with van der Waals surface area (Å²) < 4.78 is 27.3. The first kappa shape index (κ1) is 15.5. The van der Waals surface area contributed by atoms with Crippen LogP contribution in [-0.2, 0) is 29.7 Å². The second-order valence-electron chi connectivity index (χ2n) is 5.47. The second-order valence-corrected chi connectivity index (χ2v) is 7.61. The molecular weight excluding hydrogens is 320 g/mol. The molecule has 0 radical (unpaired) electrons. The molecular formula is C16H17ClN2O2S. The average Bonchev–Trinajstić information content (AvgIpc) is 2.92. The lowest BCUT2D eigenvalue weighted by Crippen LogP contribution is -2.23. The third kappa shape index (κ3) is 3.17. The van der Waals surface area contributed by atoms with Crippen molar-refractivity contribution in [2.24, 2.45) is 0 Å². The summed E-state index contributed by atoms with van der Waals surface area (Å²) >= 11 is 6.05. The van der Waals surface area contributed by atoms with Crippen molar-refractivity contribution in [1.82, 2.24) is 10.0 Å². The summed E-state index contributed by atoms with van der Waals surface area (Å²) in [6, 6.07) is 10.9. The van der Waals surface area contributed by atoms with Gasteiger partial charge >= 0.3 is 0 Å². The van der Waals surface area contributed by atoms with Gasteiger partial charge in [-0.05, 0) is 41.3 Å². The van der Waals surface area contributed by atoms with E-state index in [9.17, 15) is 8.42 Å². The van der Waals surface area contributed by atoms with E-state index in [0.29, 0.717) is 0 Å². The van der Waals surface area contributed by atoms with Gasteiger partial charge in [0.1, 0.15) is 4.90 Å². The number of rotatable bonds is 4. The lowest BCUT2D eigenvalue weighted by molar-refractivity contribution is 0.581. The zero-order chi connectivity index (χ0) is 15.7. The number of halogens is 1. The maximum atomic E-state index is 12.4. The maximum Gasteiger partial charge on any atom is 0.242 e. The van der Waals surface area contributed by atoms with Crippen molar-refractivity contribution in [3.05, 3.63) is 63.7 Å². The molecule has 0 atom stereocenters. The van der Waals surface area contributed by atoms with Crippen LogP contribution in [0.1, 0.15) is 22.3 Å². The highest BCUT2D eigenvalue weighted by molar-refractivity contribution is 7.89. The minimum absolute atomic E-state index is 0.114. The Morgan fingerprint density at radius 3 is 2.68 bits per heavy atom. The fourth-order valence-electron chi connectivity index (χ4n) is 2.54. The quantitative estimate of drug-likeness (QED) is 0.902. The summed E-state index contributed by atoms with van der Waals surface area (Å²) in [5.41, 5.74) is 4.36. The molecule has 0 bridgehead atoms. The van der Waals surface area contributed by atoms with Crippen LogP contribution < -0.4 is 10.0 Å². The van der Waals surface area contributed by atoms with E-state index in [-0.39, 0.29) is 16.5 Å². The molecule has 1 aliphatic rings. The molecule has 3 rings (SSSR count). The highest BCUT2D eigenvalue weighted by Gasteiger charge is 2.18. The predicted octanol–water partition coefficient (Wildman–Crippen LogP) is 2.73. The largest absolute Gasteiger partial charge is 0.309 e. The Morgan fingerprint density at radius 2 is 1.91 bits per heavy atom. The molecule has 0 aliphatic carbocycles. The molecule has 0 spiro atoms. The van der Waals surface area contributed by atoms with Gasteiger partial charge in [-0.25, -0.2) is 13.1 Å². The van der Waals surface area contributed by atoms with Gasteiger partial charge in [0.05, 0.1) is 5.02 Å². The number of hydrogen-bond donors (Lipinski definition) is 2. The first-order chi connectivity index (χ1) is 10.5. The third-order valence-electron chi connectivity index (χ3n) is 3.74. The highest BCUT2D eigenvalue weighted by Crippen LogP contribution is 2.23. The Morgan fingerprint density at radius 1 is 1.14 bits per heavy atom. The minimum atomic E-state index is -3.62. The summed E-state index contributed by atoms with van der Waals surface area (Å²) in [6.07, 6.45) is 0. The molecule has 116 valence electrons. The lowest BCUT2D eigenvalue weighted by atomic mass is 10.1. The SMILES string of the molecule is Cc1ccc(S(=O)(=O)NCc2ccc3c(c2)CNC3)c(Cl)c1. The summed E-state index contributed by atoms with van der Waals surface area (Å²) in [6.45, 7) is 3.83. The molecule has 22 heavy (non-hydrogen) atoms. The van der Waals surface area contributed by atoms with Crippen LogP contribution >= 0.6 is 11.6 Å². The van der Waals surface area contributed by atoms with Gasteiger partial charge in [0, 0.05) is 19.6 Å². The first-order valence-electron chi connectivity index (χ1n) is 7.03. The van der Waals surface area contributed by atoms with Crippen molar-refractivity contribution < 1.29 is 8.42 Å². The summed E-state index contributed by atoms with van der Waals surface area (Å²) in [5.74, 6) is 0. The van der Waals surface area contributed by atoms with E-state index in [4.69, 9.17) is 11.6 Å². The molecule has 0 aromatic heterocycles. The average molecular weight is 337 g/mol. The Kier molecular flexibility index (Phi) is 4.23. The Hall–Kier alpha value is -1.40. The molecule has 0 saturated heterocycles. The Bertz CT molecular complexity index is 819. The fraction of sp³-hybridized carbons (Fsp3) is 0.250. The third-order valence-corrected chi connectivity index (χ3v) is 5.63. The summed E-state index contributed by atoms with van der Waals surface area (Å²) in [5, 5.41) is 3.51. The lowest BCUT2D eigenvalue weighted by Gasteiger charge is -2.10. The standard InChI is InChI=1S/C16H17ClN2O2S/c1-11-2-5-16(15(17)6-11)22(20,21)19-8-12-3-4-13-9-18-10-14(13)7-12/h2-7,18-19H,8-10H2,1H3. The van der Waals surface area contributed by atoms with Gasteiger partial charge < -0.3 is 5.32 Å². The molecule has 1 aliphatic heterocycles. The van der Waals surface area contributed by atoms with Gasteiger partial charge in [-0.3, -0.25) is 0 Å². The number of nitrogens with one attached hydrogen (secondary N) is 2. The summed E-state index contributed by atoms with van der Waals surface area (Å²) in [7, 11) is -3.62. The molecule has 0 saturated carbocycles. The van der Waals surface area contributed by atoms with Crippen molar-refractivity contribution in [2.75, 3.05) is 0 Å². The number of sulfonamides is 1. The van der Waals surface area contributed by atoms with Crippen LogP contribution in [0.4, 0.5) is 0 Å². The second kappa shape index (κ2) is 6.01. The topological polar surface area (TPSA) is 58.2 Å². The zero-order valence-electron chi connectivity index (χ0n) is 12.2. The van der Waals surface area contributed by atoms with E-state index < -0.39 is 10.0 Å². The molecule has 0 unspecified atom stereocenters. The van der Waals surface area contributed by atoms with E-state index >= 15 is 0 Å². The van der Waals surface area contributed by atoms with E-state index in [0.717, 1.165) is 24.2 Å². The fourth-order valence-corrected chi connectivity index (χ4v) is 4.15. The minimum Gasteiger partial charge on any atom is -0.309 e. The van der Waals surface area contributed by atoms with Crippen LogP contribution in [0.3, 0.4) is 0 Å². The van der Waals surface area contributed by atoms with Crippen molar-refractivity contribution >= 4 is 21.6 Å². The first-order valence-corrected chi connectivity index (χ1v) is 8.89. The van der Waals surface area contributed by atoms with Crippen LogP contribution in [0.5, 0.6) is 0 Å². The molecule has 0 amide bonds.